The normalized spacial score (nSPS) is 15.5. The number of nitro groups is 1. The smallest absolute Gasteiger partial charge is 0.307 e. The number of hydrogen-bond acceptors (Lipinski definition) is 6. The van der Waals surface area contributed by atoms with E-state index in [-0.39, 0.29) is 27.4 Å². The summed E-state index contributed by atoms with van der Waals surface area (Å²) in [4.78, 5) is 24.5. The minimum atomic E-state index is -0.518. The number of halogens is 1. The summed E-state index contributed by atoms with van der Waals surface area (Å²) >= 11 is 7.10. The van der Waals surface area contributed by atoms with Crippen molar-refractivity contribution in [2.24, 2.45) is 0 Å². The average molecular weight is 405 g/mol. The molecule has 0 amide bonds. The van der Waals surface area contributed by atoms with Crippen molar-refractivity contribution in [3.63, 3.8) is 0 Å². The number of nitro benzene ring substituents is 1. The van der Waals surface area contributed by atoms with Gasteiger partial charge in [0.15, 0.2) is 0 Å². The molecule has 1 heterocycles. The molecule has 0 radical (unpaired) electrons. The Morgan fingerprint density at radius 2 is 2.11 bits per heavy atom. The van der Waals surface area contributed by atoms with Crippen molar-refractivity contribution in [1.29, 1.82) is 0 Å². The van der Waals surface area contributed by atoms with Crippen LogP contribution in [0.3, 0.4) is 0 Å². The number of fused-ring (bicyclic) bond motifs is 1. The topological polar surface area (TPSA) is 105 Å². The molecule has 1 atom stereocenters. The van der Waals surface area contributed by atoms with Crippen LogP contribution in [0, 0.1) is 10.1 Å². The SMILES string of the molecule is O=c1[nH]c(O)c([C@@H]2CCc3cc(Oc4ccc([N+](=O)[O-])cc4Cl)ccc32)s1. The number of aryl methyl sites for hydroxylation is 1. The van der Waals surface area contributed by atoms with E-state index in [1.54, 1.807) is 6.07 Å². The van der Waals surface area contributed by atoms with Crippen molar-refractivity contribution in [3.8, 4) is 17.4 Å². The Morgan fingerprint density at radius 1 is 1.30 bits per heavy atom. The van der Waals surface area contributed by atoms with Crippen LogP contribution in [0.5, 0.6) is 17.4 Å². The van der Waals surface area contributed by atoms with Gasteiger partial charge in [-0.15, -0.1) is 0 Å². The number of rotatable bonds is 4. The van der Waals surface area contributed by atoms with Gasteiger partial charge in [0, 0.05) is 18.1 Å². The molecule has 2 N–H and O–H groups in total. The monoisotopic (exact) mass is 404 g/mol. The van der Waals surface area contributed by atoms with E-state index >= 15 is 0 Å². The van der Waals surface area contributed by atoms with Crippen LogP contribution in [-0.4, -0.2) is 15.0 Å². The number of H-pyrrole nitrogens is 1. The van der Waals surface area contributed by atoms with Crippen LogP contribution < -0.4 is 9.61 Å². The molecule has 138 valence electrons. The van der Waals surface area contributed by atoms with Gasteiger partial charge in [-0.3, -0.25) is 19.9 Å². The van der Waals surface area contributed by atoms with Crippen LogP contribution in [0.25, 0.3) is 0 Å². The number of nitrogens with one attached hydrogen (secondary N) is 1. The van der Waals surface area contributed by atoms with E-state index < -0.39 is 4.92 Å². The van der Waals surface area contributed by atoms with Crippen LogP contribution in [0.2, 0.25) is 5.02 Å². The molecular weight excluding hydrogens is 392 g/mol. The molecule has 0 fully saturated rings. The van der Waals surface area contributed by atoms with E-state index in [2.05, 4.69) is 4.98 Å². The van der Waals surface area contributed by atoms with E-state index in [0.29, 0.717) is 16.4 Å². The first-order chi connectivity index (χ1) is 12.9. The molecule has 27 heavy (non-hydrogen) atoms. The Balaban J connectivity index is 1.60. The predicted molar refractivity (Wildman–Crippen MR) is 101 cm³/mol. The number of thiazole rings is 1. The molecule has 1 aromatic heterocycles. The molecule has 1 aliphatic rings. The molecular formula is C18H13ClN2O5S. The lowest BCUT2D eigenvalue weighted by Gasteiger charge is -2.12. The summed E-state index contributed by atoms with van der Waals surface area (Å²) in [6, 6.07) is 9.62. The third kappa shape index (κ3) is 3.29. The number of aromatic amines is 1. The predicted octanol–water partition coefficient (Wildman–Crippen LogP) is 4.57. The van der Waals surface area contributed by atoms with E-state index in [9.17, 15) is 20.0 Å². The van der Waals surface area contributed by atoms with Crippen molar-refractivity contribution >= 4 is 28.6 Å². The molecule has 3 aromatic rings. The number of ether oxygens (including phenoxy) is 1. The lowest BCUT2D eigenvalue weighted by atomic mass is 10.00. The minimum Gasteiger partial charge on any atom is -0.494 e. The number of nitrogens with zero attached hydrogens (tertiary/aromatic N) is 1. The van der Waals surface area contributed by atoms with Crippen LogP contribution in [0.15, 0.2) is 41.2 Å². The Labute approximate surface area is 162 Å². The summed E-state index contributed by atoms with van der Waals surface area (Å²) < 4.78 is 5.78. The van der Waals surface area contributed by atoms with Gasteiger partial charge in [-0.2, -0.15) is 0 Å². The van der Waals surface area contributed by atoms with E-state index in [1.165, 1.54) is 18.2 Å². The summed E-state index contributed by atoms with van der Waals surface area (Å²) in [5.41, 5.74) is 2.01. The second-order valence-corrected chi connectivity index (χ2v) is 7.58. The van der Waals surface area contributed by atoms with Crippen molar-refractivity contribution in [3.05, 3.63) is 77.2 Å². The van der Waals surface area contributed by atoms with Crippen LogP contribution in [-0.2, 0) is 6.42 Å². The fraction of sp³-hybridized carbons (Fsp3) is 0.167. The largest absolute Gasteiger partial charge is 0.494 e. The zero-order chi connectivity index (χ0) is 19.1. The molecule has 0 bridgehead atoms. The van der Waals surface area contributed by atoms with Gasteiger partial charge in [-0.05, 0) is 42.2 Å². The maximum absolute atomic E-state index is 11.5. The Bertz CT molecular complexity index is 1110. The van der Waals surface area contributed by atoms with Crippen molar-refractivity contribution < 1.29 is 14.8 Å². The summed E-state index contributed by atoms with van der Waals surface area (Å²) in [5.74, 6) is 0.802. The number of hydrogen-bond donors (Lipinski definition) is 2. The standard InChI is InChI=1S/C18H13ClN2O5S/c19-14-8-10(21(24)25)2-6-15(14)26-11-3-5-12-9(7-11)1-4-13(12)16-17(22)20-18(23)27-16/h2-3,5-8,13,22H,1,4H2,(H,20,23)/t13-/m1/s1. The molecule has 0 saturated heterocycles. The Hall–Kier alpha value is -2.84. The highest BCUT2D eigenvalue weighted by Gasteiger charge is 2.28. The van der Waals surface area contributed by atoms with Gasteiger partial charge in [-0.1, -0.05) is 29.0 Å². The third-order valence-electron chi connectivity index (χ3n) is 4.52. The number of aromatic nitrogens is 1. The lowest BCUT2D eigenvalue weighted by molar-refractivity contribution is -0.384. The maximum atomic E-state index is 11.5. The second-order valence-electron chi connectivity index (χ2n) is 6.15. The van der Waals surface area contributed by atoms with Gasteiger partial charge in [0.2, 0.25) is 5.88 Å². The molecule has 0 saturated carbocycles. The van der Waals surface area contributed by atoms with Gasteiger partial charge in [0.25, 0.3) is 5.69 Å². The van der Waals surface area contributed by atoms with E-state index in [1.807, 2.05) is 12.1 Å². The average Bonchev–Trinajstić information content (AvgIpc) is 3.18. The van der Waals surface area contributed by atoms with E-state index in [4.69, 9.17) is 16.3 Å². The number of aromatic hydroxyl groups is 1. The van der Waals surface area contributed by atoms with E-state index in [0.717, 1.165) is 35.3 Å². The van der Waals surface area contributed by atoms with Gasteiger partial charge in [0.1, 0.15) is 11.5 Å². The van der Waals surface area contributed by atoms with Crippen LogP contribution in [0.1, 0.15) is 28.3 Å². The third-order valence-corrected chi connectivity index (χ3v) is 5.80. The van der Waals surface area contributed by atoms with Crippen LogP contribution in [0.4, 0.5) is 5.69 Å². The van der Waals surface area contributed by atoms with Gasteiger partial charge in [-0.25, -0.2) is 0 Å². The molecule has 0 spiro atoms. The molecule has 0 aliphatic heterocycles. The Kier molecular flexibility index (Phi) is 4.37. The van der Waals surface area contributed by atoms with Crippen molar-refractivity contribution in [2.75, 3.05) is 0 Å². The van der Waals surface area contributed by atoms with Crippen molar-refractivity contribution in [1.82, 2.24) is 4.98 Å². The zero-order valence-electron chi connectivity index (χ0n) is 13.8. The first kappa shape index (κ1) is 17.6. The quantitative estimate of drug-likeness (QED) is 0.489. The molecule has 9 heteroatoms. The van der Waals surface area contributed by atoms with Gasteiger partial charge >= 0.3 is 4.87 Å². The lowest BCUT2D eigenvalue weighted by Crippen LogP contribution is -1.94. The van der Waals surface area contributed by atoms with Gasteiger partial charge < -0.3 is 9.84 Å². The first-order valence-corrected chi connectivity index (χ1v) is 9.28. The zero-order valence-corrected chi connectivity index (χ0v) is 15.3. The molecule has 1 aliphatic carbocycles. The maximum Gasteiger partial charge on any atom is 0.307 e. The second kappa shape index (κ2) is 6.71. The fourth-order valence-electron chi connectivity index (χ4n) is 3.31. The molecule has 4 rings (SSSR count). The first-order valence-electron chi connectivity index (χ1n) is 8.09. The summed E-state index contributed by atoms with van der Waals surface area (Å²) in [6.07, 6.45) is 1.58. The summed E-state index contributed by atoms with van der Waals surface area (Å²) in [6.45, 7) is 0. The minimum absolute atomic E-state index is 0.0269. The highest BCUT2D eigenvalue weighted by molar-refractivity contribution is 7.09. The molecule has 2 aromatic carbocycles. The molecule has 7 nitrogen and oxygen atoms in total. The number of non-ortho nitro benzene ring substituents is 1. The fourth-order valence-corrected chi connectivity index (χ4v) is 4.41. The highest BCUT2D eigenvalue weighted by atomic mass is 35.5. The van der Waals surface area contributed by atoms with Gasteiger partial charge in [0.05, 0.1) is 14.8 Å². The number of benzene rings is 2. The Morgan fingerprint density at radius 3 is 2.78 bits per heavy atom. The summed E-state index contributed by atoms with van der Waals surface area (Å²) in [5, 5.41) is 20.9. The summed E-state index contributed by atoms with van der Waals surface area (Å²) in [7, 11) is 0. The molecule has 0 unspecified atom stereocenters. The highest BCUT2D eigenvalue weighted by Crippen LogP contribution is 2.43. The van der Waals surface area contributed by atoms with Crippen molar-refractivity contribution in [2.45, 2.75) is 18.8 Å². The van der Waals surface area contributed by atoms with Crippen LogP contribution >= 0.6 is 22.9 Å².